The second-order valence-electron chi connectivity index (χ2n) is 4.69. The summed E-state index contributed by atoms with van der Waals surface area (Å²) >= 11 is 2.07. The summed E-state index contributed by atoms with van der Waals surface area (Å²) in [6.07, 6.45) is 3.07. The molecular formula is C13H22N2OS. The average molecular weight is 254 g/mol. The molecular weight excluding hydrogens is 232 g/mol. The Morgan fingerprint density at radius 1 is 1.65 bits per heavy atom. The summed E-state index contributed by atoms with van der Waals surface area (Å²) in [7, 11) is 2.23. The molecule has 4 heteroatoms. The van der Waals surface area contributed by atoms with E-state index in [1.54, 1.807) is 6.26 Å². The van der Waals surface area contributed by atoms with E-state index >= 15 is 0 Å². The van der Waals surface area contributed by atoms with Gasteiger partial charge >= 0.3 is 0 Å². The van der Waals surface area contributed by atoms with E-state index in [4.69, 9.17) is 4.42 Å². The minimum atomic E-state index is 0.302. The van der Waals surface area contributed by atoms with E-state index in [1.807, 2.05) is 12.1 Å². The molecule has 1 saturated heterocycles. The molecule has 2 rings (SSSR count). The summed E-state index contributed by atoms with van der Waals surface area (Å²) in [5, 5.41) is 3.50. The first-order valence-electron chi connectivity index (χ1n) is 6.32. The standard InChI is InChI=1S/C13H22N2OS/c1-11(13-4-3-8-16-13)14-6-7-15(2)12-5-9-17-10-12/h3-4,8,11-12,14H,5-7,9-10H2,1-2H3. The van der Waals surface area contributed by atoms with Gasteiger partial charge in [-0.1, -0.05) is 0 Å². The molecule has 1 aliphatic rings. The number of nitrogens with zero attached hydrogens (tertiary/aromatic N) is 1. The SMILES string of the molecule is CC(NCCN(C)C1CCSC1)c1ccco1. The van der Waals surface area contributed by atoms with E-state index < -0.39 is 0 Å². The number of hydrogen-bond acceptors (Lipinski definition) is 4. The van der Waals surface area contributed by atoms with Crippen LogP contribution in [0.4, 0.5) is 0 Å². The van der Waals surface area contributed by atoms with Crippen LogP contribution in [0.2, 0.25) is 0 Å². The van der Waals surface area contributed by atoms with Crippen LogP contribution in [0.5, 0.6) is 0 Å². The van der Waals surface area contributed by atoms with E-state index in [-0.39, 0.29) is 0 Å². The molecule has 0 aliphatic carbocycles. The van der Waals surface area contributed by atoms with Gasteiger partial charge in [-0.15, -0.1) is 0 Å². The van der Waals surface area contributed by atoms with Crippen molar-refractivity contribution in [1.82, 2.24) is 10.2 Å². The maximum absolute atomic E-state index is 5.37. The molecule has 1 N–H and O–H groups in total. The fraction of sp³-hybridized carbons (Fsp3) is 0.692. The Morgan fingerprint density at radius 3 is 3.18 bits per heavy atom. The van der Waals surface area contributed by atoms with Crippen LogP contribution in [0.3, 0.4) is 0 Å². The Labute approximate surface area is 108 Å². The molecule has 0 bridgehead atoms. The Balaban J connectivity index is 1.65. The van der Waals surface area contributed by atoms with Gasteiger partial charge < -0.3 is 14.6 Å². The van der Waals surface area contributed by atoms with E-state index in [9.17, 15) is 0 Å². The highest BCUT2D eigenvalue weighted by atomic mass is 32.2. The summed E-state index contributed by atoms with van der Waals surface area (Å²) in [6.45, 7) is 4.26. The Bertz CT molecular complexity index is 309. The monoisotopic (exact) mass is 254 g/mol. The lowest BCUT2D eigenvalue weighted by Gasteiger charge is -2.24. The lowest BCUT2D eigenvalue weighted by Crippen LogP contribution is -2.37. The van der Waals surface area contributed by atoms with Crippen LogP contribution in [0, 0.1) is 0 Å². The van der Waals surface area contributed by atoms with Gasteiger partial charge in [0.15, 0.2) is 0 Å². The average Bonchev–Trinajstić information content (AvgIpc) is 3.02. The molecule has 1 aromatic heterocycles. The van der Waals surface area contributed by atoms with Crippen LogP contribution in [-0.4, -0.2) is 42.6 Å². The molecule has 2 atom stereocenters. The van der Waals surface area contributed by atoms with Gasteiger partial charge in [0.1, 0.15) is 5.76 Å². The number of thioether (sulfide) groups is 1. The van der Waals surface area contributed by atoms with E-state index in [1.165, 1.54) is 17.9 Å². The third-order valence-electron chi connectivity index (χ3n) is 3.41. The van der Waals surface area contributed by atoms with Crippen LogP contribution in [0.25, 0.3) is 0 Å². The van der Waals surface area contributed by atoms with Gasteiger partial charge in [-0.3, -0.25) is 0 Å². The Hall–Kier alpha value is -0.450. The molecule has 96 valence electrons. The Kier molecular flexibility index (Phi) is 4.95. The number of hydrogen-bond donors (Lipinski definition) is 1. The topological polar surface area (TPSA) is 28.4 Å². The summed E-state index contributed by atoms with van der Waals surface area (Å²) in [5.41, 5.74) is 0. The fourth-order valence-corrected chi connectivity index (χ4v) is 3.45. The quantitative estimate of drug-likeness (QED) is 0.843. The first-order chi connectivity index (χ1) is 8.27. The summed E-state index contributed by atoms with van der Waals surface area (Å²) in [5.74, 6) is 3.64. The zero-order valence-corrected chi connectivity index (χ0v) is 11.5. The van der Waals surface area contributed by atoms with Gasteiger partial charge in [-0.05, 0) is 38.3 Å². The molecule has 1 aliphatic heterocycles. The highest BCUT2D eigenvalue weighted by molar-refractivity contribution is 7.99. The van der Waals surface area contributed by atoms with Crippen molar-refractivity contribution in [3.05, 3.63) is 24.2 Å². The lowest BCUT2D eigenvalue weighted by molar-refractivity contribution is 0.257. The van der Waals surface area contributed by atoms with Gasteiger partial charge in [0.2, 0.25) is 0 Å². The third kappa shape index (κ3) is 3.76. The van der Waals surface area contributed by atoms with Crippen molar-refractivity contribution < 1.29 is 4.42 Å². The maximum Gasteiger partial charge on any atom is 0.120 e. The van der Waals surface area contributed by atoms with Gasteiger partial charge in [0.25, 0.3) is 0 Å². The van der Waals surface area contributed by atoms with Gasteiger partial charge in [-0.25, -0.2) is 0 Å². The van der Waals surface area contributed by atoms with E-state index in [0.717, 1.165) is 24.9 Å². The van der Waals surface area contributed by atoms with Crippen molar-refractivity contribution in [3.63, 3.8) is 0 Å². The third-order valence-corrected chi connectivity index (χ3v) is 4.56. The number of furan rings is 1. The van der Waals surface area contributed by atoms with Crippen molar-refractivity contribution in [2.75, 3.05) is 31.6 Å². The van der Waals surface area contributed by atoms with Crippen LogP contribution >= 0.6 is 11.8 Å². The van der Waals surface area contributed by atoms with Crippen LogP contribution in [0.1, 0.15) is 25.1 Å². The molecule has 0 amide bonds. The van der Waals surface area contributed by atoms with E-state index in [2.05, 4.69) is 35.9 Å². The van der Waals surface area contributed by atoms with E-state index in [0.29, 0.717) is 6.04 Å². The second kappa shape index (κ2) is 6.47. The van der Waals surface area contributed by atoms with Gasteiger partial charge in [-0.2, -0.15) is 11.8 Å². The van der Waals surface area contributed by atoms with Crippen molar-refractivity contribution in [3.8, 4) is 0 Å². The lowest BCUT2D eigenvalue weighted by atomic mass is 10.2. The molecule has 1 fully saturated rings. The second-order valence-corrected chi connectivity index (χ2v) is 5.84. The van der Waals surface area contributed by atoms with Crippen LogP contribution in [0.15, 0.2) is 22.8 Å². The van der Waals surface area contributed by atoms with Crippen LogP contribution < -0.4 is 5.32 Å². The van der Waals surface area contributed by atoms with Gasteiger partial charge in [0, 0.05) is 24.9 Å². The number of nitrogens with one attached hydrogen (secondary N) is 1. The van der Waals surface area contributed by atoms with Crippen molar-refractivity contribution in [2.45, 2.75) is 25.4 Å². The molecule has 3 nitrogen and oxygen atoms in total. The first-order valence-corrected chi connectivity index (χ1v) is 7.47. The molecule has 2 unspecified atom stereocenters. The van der Waals surface area contributed by atoms with Crippen molar-refractivity contribution in [1.29, 1.82) is 0 Å². The molecule has 0 saturated carbocycles. The first kappa shape index (κ1) is 13.0. The normalized spacial score (nSPS) is 22.2. The smallest absolute Gasteiger partial charge is 0.120 e. The highest BCUT2D eigenvalue weighted by Gasteiger charge is 2.19. The molecule has 0 radical (unpaired) electrons. The zero-order valence-electron chi connectivity index (χ0n) is 10.7. The van der Waals surface area contributed by atoms with Gasteiger partial charge in [0.05, 0.1) is 12.3 Å². The minimum Gasteiger partial charge on any atom is -0.468 e. The molecule has 2 heterocycles. The molecule has 0 spiro atoms. The summed E-state index contributed by atoms with van der Waals surface area (Å²) in [6, 6.07) is 5.04. The number of likely N-dealkylation sites (N-methyl/N-ethyl adjacent to an activating group) is 1. The van der Waals surface area contributed by atoms with Crippen LogP contribution in [-0.2, 0) is 0 Å². The predicted octanol–water partition coefficient (Wildman–Crippen LogP) is 2.37. The summed E-state index contributed by atoms with van der Waals surface area (Å²) in [4.78, 5) is 2.47. The zero-order chi connectivity index (χ0) is 12.1. The minimum absolute atomic E-state index is 0.302. The molecule has 17 heavy (non-hydrogen) atoms. The largest absolute Gasteiger partial charge is 0.468 e. The fourth-order valence-electron chi connectivity index (χ4n) is 2.15. The summed E-state index contributed by atoms with van der Waals surface area (Å²) < 4.78 is 5.37. The number of rotatable bonds is 6. The Morgan fingerprint density at radius 2 is 2.53 bits per heavy atom. The highest BCUT2D eigenvalue weighted by Crippen LogP contribution is 2.21. The predicted molar refractivity (Wildman–Crippen MR) is 73.5 cm³/mol. The molecule has 1 aromatic rings. The molecule has 0 aromatic carbocycles. The maximum atomic E-state index is 5.37. The van der Waals surface area contributed by atoms with Crippen molar-refractivity contribution >= 4 is 11.8 Å². The van der Waals surface area contributed by atoms with Crippen molar-refractivity contribution in [2.24, 2.45) is 0 Å².